The molecule has 0 heterocycles. The summed E-state index contributed by atoms with van der Waals surface area (Å²) in [5.41, 5.74) is 1.64. The van der Waals surface area contributed by atoms with Gasteiger partial charge in [0, 0.05) is 11.6 Å². The molecule has 0 spiro atoms. The third kappa shape index (κ3) is 5.65. The van der Waals surface area contributed by atoms with Crippen LogP contribution in [-0.4, -0.2) is 10.6 Å². The van der Waals surface area contributed by atoms with Gasteiger partial charge in [0.1, 0.15) is 5.75 Å². The summed E-state index contributed by atoms with van der Waals surface area (Å²) in [5, 5.41) is 13.1. The predicted molar refractivity (Wildman–Crippen MR) is 82.4 cm³/mol. The zero-order valence-electron chi connectivity index (χ0n) is 13.2. The van der Waals surface area contributed by atoms with Crippen LogP contribution in [0.2, 0.25) is 0 Å². The topological polar surface area (TPSA) is 32.3 Å². The van der Waals surface area contributed by atoms with Gasteiger partial charge >= 0.3 is 0 Å². The van der Waals surface area contributed by atoms with E-state index in [9.17, 15) is 5.11 Å². The van der Waals surface area contributed by atoms with Crippen molar-refractivity contribution in [3.8, 4) is 5.75 Å². The number of hydrogen-bond acceptors (Lipinski definition) is 2. The van der Waals surface area contributed by atoms with Crippen LogP contribution in [0.4, 0.5) is 0 Å². The highest BCUT2D eigenvalue weighted by molar-refractivity contribution is 5.28. The standard InChI is InChI=1S/C17H29NO/c1-7-15(13-8-10-14(19)11-9-13)18-17(5,6)12-16(2,3)4/h8-11,15,18-19H,7,12H2,1-6H3. The van der Waals surface area contributed by atoms with E-state index < -0.39 is 0 Å². The average Bonchev–Trinajstić information content (AvgIpc) is 2.24. The molecule has 0 aliphatic rings. The third-order valence-electron chi connectivity index (χ3n) is 3.24. The Kier molecular flexibility index (Phi) is 5.03. The second kappa shape index (κ2) is 5.96. The molecule has 1 rings (SSSR count). The van der Waals surface area contributed by atoms with Crippen LogP contribution < -0.4 is 5.32 Å². The molecule has 0 bridgehead atoms. The van der Waals surface area contributed by atoms with Crippen molar-refractivity contribution in [1.82, 2.24) is 5.32 Å². The van der Waals surface area contributed by atoms with Gasteiger partial charge in [-0.1, -0.05) is 39.8 Å². The normalized spacial score (nSPS) is 14.4. The molecule has 0 aliphatic heterocycles. The fourth-order valence-corrected chi connectivity index (χ4v) is 2.98. The van der Waals surface area contributed by atoms with E-state index in [0.29, 0.717) is 17.2 Å². The van der Waals surface area contributed by atoms with Crippen LogP contribution >= 0.6 is 0 Å². The van der Waals surface area contributed by atoms with Crippen LogP contribution in [0.15, 0.2) is 24.3 Å². The van der Waals surface area contributed by atoms with E-state index >= 15 is 0 Å². The Balaban J connectivity index is 2.79. The zero-order chi connectivity index (χ0) is 14.7. The summed E-state index contributed by atoms with van der Waals surface area (Å²) in [6.45, 7) is 13.5. The molecule has 108 valence electrons. The summed E-state index contributed by atoms with van der Waals surface area (Å²) >= 11 is 0. The molecule has 0 saturated heterocycles. The minimum Gasteiger partial charge on any atom is -0.508 e. The number of phenols is 1. The Labute approximate surface area is 118 Å². The highest BCUT2D eigenvalue weighted by atomic mass is 16.3. The first-order chi connectivity index (χ1) is 8.63. The molecule has 2 nitrogen and oxygen atoms in total. The first kappa shape index (κ1) is 16.0. The second-order valence-corrected chi connectivity index (χ2v) is 7.32. The average molecular weight is 263 g/mol. The van der Waals surface area contributed by atoms with Crippen LogP contribution in [0.1, 0.15) is 66.0 Å². The lowest BCUT2D eigenvalue weighted by Gasteiger charge is -2.37. The molecular weight excluding hydrogens is 234 g/mol. The summed E-state index contributed by atoms with van der Waals surface area (Å²) in [7, 11) is 0. The Morgan fingerprint density at radius 1 is 1.05 bits per heavy atom. The van der Waals surface area contributed by atoms with Crippen molar-refractivity contribution in [1.29, 1.82) is 0 Å². The molecule has 0 saturated carbocycles. The van der Waals surface area contributed by atoms with Gasteiger partial charge in [0.05, 0.1) is 0 Å². The molecule has 0 amide bonds. The lowest BCUT2D eigenvalue weighted by Crippen LogP contribution is -2.44. The molecule has 1 aromatic rings. The van der Waals surface area contributed by atoms with E-state index in [-0.39, 0.29) is 5.54 Å². The van der Waals surface area contributed by atoms with Crippen molar-refractivity contribution >= 4 is 0 Å². The second-order valence-electron chi connectivity index (χ2n) is 7.32. The van der Waals surface area contributed by atoms with Gasteiger partial charge < -0.3 is 10.4 Å². The molecule has 1 unspecified atom stereocenters. The molecule has 19 heavy (non-hydrogen) atoms. The number of aromatic hydroxyl groups is 1. The molecule has 0 fully saturated rings. The van der Waals surface area contributed by atoms with Crippen LogP contribution in [0.25, 0.3) is 0 Å². The van der Waals surface area contributed by atoms with Crippen LogP contribution in [0, 0.1) is 5.41 Å². The minimum absolute atomic E-state index is 0.0941. The van der Waals surface area contributed by atoms with Crippen molar-refractivity contribution in [2.45, 2.75) is 66.0 Å². The van der Waals surface area contributed by atoms with Crippen molar-refractivity contribution in [3.63, 3.8) is 0 Å². The third-order valence-corrected chi connectivity index (χ3v) is 3.24. The number of nitrogens with one attached hydrogen (secondary N) is 1. The zero-order valence-corrected chi connectivity index (χ0v) is 13.2. The Morgan fingerprint density at radius 3 is 2.00 bits per heavy atom. The van der Waals surface area contributed by atoms with E-state index in [1.807, 2.05) is 12.1 Å². The maximum atomic E-state index is 9.38. The van der Waals surface area contributed by atoms with Gasteiger partial charge in [-0.3, -0.25) is 0 Å². The van der Waals surface area contributed by atoms with Crippen molar-refractivity contribution in [2.24, 2.45) is 5.41 Å². The van der Waals surface area contributed by atoms with Gasteiger partial charge in [0.25, 0.3) is 0 Å². The summed E-state index contributed by atoms with van der Waals surface area (Å²) in [4.78, 5) is 0. The van der Waals surface area contributed by atoms with E-state index in [1.165, 1.54) is 5.56 Å². The lowest BCUT2D eigenvalue weighted by atomic mass is 9.81. The molecule has 0 aliphatic carbocycles. The number of hydrogen-bond donors (Lipinski definition) is 2. The molecule has 2 N–H and O–H groups in total. The maximum absolute atomic E-state index is 9.38. The van der Waals surface area contributed by atoms with Crippen molar-refractivity contribution in [3.05, 3.63) is 29.8 Å². The quantitative estimate of drug-likeness (QED) is 0.810. The van der Waals surface area contributed by atoms with Crippen molar-refractivity contribution in [2.75, 3.05) is 0 Å². The SMILES string of the molecule is CCC(NC(C)(C)CC(C)(C)C)c1ccc(O)cc1. The minimum atomic E-state index is 0.0941. The largest absolute Gasteiger partial charge is 0.508 e. The monoisotopic (exact) mass is 263 g/mol. The molecule has 2 heteroatoms. The van der Waals surface area contributed by atoms with Crippen LogP contribution in [0.5, 0.6) is 5.75 Å². The van der Waals surface area contributed by atoms with Gasteiger partial charge in [-0.15, -0.1) is 0 Å². The van der Waals surface area contributed by atoms with Gasteiger partial charge in [-0.05, 0) is 49.8 Å². The van der Waals surface area contributed by atoms with Gasteiger partial charge in [-0.2, -0.15) is 0 Å². The first-order valence-corrected chi connectivity index (χ1v) is 7.19. The summed E-state index contributed by atoms with van der Waals surface area (Å²) in [6.07, 6.45) is 2.16. The van der Waals surface area contributed by atoms with E-state index in [0.717, 1.165) is 12.8 Å². The van der Waals surface area contributed by atoms with Gasteiger partial charge in [0.15, 0.2) is 0 Å². The van der Waals surface area contributed by atoms with E-state index in [1.54, 1.807) is 12.1 Å². The first-order valence-electron chi connectivity index (χ1n) is 7.19. The fraction of sp³-hybridized carbons (Fsp3) is 0.647. The fourth-order valence-electron chi connectivity index (χ4n) is 2.98. The number of rotatable bonds is 5. The smallest absolute Gasteiger partial charge is 0.115 e. The molecule has 1 aromatic carbocycles. The highest BCUT2D eigenvalue weighted by Crippen LogP contribution is 2.30. The van der Waals surface area contributed by atoms with E-state index in [4.69, 9.17) is 0 Å². The maximum Gasteiger partial charge on any atom is 0.115 e. The van der Waals surface area contributed by atoms with Crippen molar-refractivity contribution < 1.29 is 5.11 Å². The molecule has 1 atom stereocenters. The predicted octanol–water partition coefficient (Wildman–Crippen LogP) is 4.65. The molecular formula is C17H29NO. The Morgan fingerprint density at radius 2 is 1.58 bits per heavy atom. The van der Waals surface area contributed by atoms with Crippen LogP contribution in [0.3, 0.4) is 0 Å². The molecule has 0 radical (unpaired) electrons. The van der Waals surface area contributed by atoms with Gasteiger partial charge in [0.2, 0.25) is 0 Å². The lowest BCUT2D eigenvalue weighted by molar-refractivity contribution is 0.220. The van der Waals surface area contributed by atoms with Gasteiger partial charge in [-0.25, -0.2) is 0 Å². The van der Waals surface area contributed by atoms with E-state index in [2.05, 4.69) is 46.9 Å². The Bertz CT molecular complexity index is 387. The summed E-state index contributed by atoms with van der Waals surface area (Å²) < 4.78 is 0. The van der Waals surface area contributed by atoms with Crippen LogP contribution in [-0.2, 0) is 0 Å². The Hall–Kier alpha value is -1.02. The summed E-state index contributed by atoms with van der Waals surface area (Å²) in [5.74, 6) is 0.326. The highest BCUT2D eigenvalue weighted by Gasteiger charge is 2.27. The summed E-state index contributed by atoms with van der Waals surface area (Å²) in [6, 6.07) is 7.86. The number of phenolic OH excluding ortho intramolecular Hbond substituents is 1. The molecule has 0 aromatic heterocycles. The number of benzene rings is 1.